The van der Waals surface area contributed by atoms with Crippen LogP contribution in [0.25, 0.3) is 0 Å². The number of hydrazine groups is 2. The molecule has 8 nitrogen and oxygen atoms in total. The molecule has 1 aromatic heterocycles. The number of hydrogen-bond acceptors (Lipinski definition) is 7. The van der Waals surface area contributed by atoms with Gasteiger partial charge in [-0.2, -0.15) is 0 Å². The summed E-state index contributed by atoms with van der Waals surface area (Å²) < 4.78 is 68.7. The van der Waals surface area contributed by atoms with Crippen molar-refractivity contribution >= 4 is 11.9 Å². The lowest BCUT2D eigenvalue weighted by Gasteiger charge is -2.34. The lowest BCUT2D eigenvalue weighted by Crippen LogP contribution is -2.45. The van der Waals surface area contributed by atoms with Crippen LogP contribution in [-0.2, 0) is 0 Å². The highest BCUT2D eigenvalue weighted by Gasteiger charge is 2.38. The molecule has 2 aromatic rings. The Kier molecular flexibility index (Phi) is 5.13. The first-order valence-electron chi connectivity index (χ1n) is 9.00. The van der Waals surface area contributed by atoms with Gasteiger partial charge >= 0.3 is 6.36 Å². The third-order valence-corrected chi connectivity index (χ3v) is 4.77. The van der Waals surface area contributed by atoms with Gasteiger partial charge in [0.15, 0.2) is 17.4 Å². The summed E-state index contributed by atoms with van der Waals surface area (Å²) in [5.41, 5.74) is 6.37. The maximum atomic E-state index is 14.6. The predicted molar refractivity (Wildman–Crippen MR) is 96.0 cm³/mol. The molecule has 2 aliphatic heterocycles. The van der Waals surface area contributed by atoms with Crippen LogP contribution in [0.5, 0.6) is 5.75 Å². The lowest BCUT2D eigenvalue weighted by atomic mass is 10.0. The standard InChI is InChI=1S/C18H15F5N6O2/c1-9-5-13-12(26-27-29(13)17-24-6-10(19)7-25-17)8-28(9)16(30)11-3-2-4-14(15(11)20)31-18(21,22)23/h2-4,6-7,9,26-27H,5,8H2,1H3/t9-/m0/s1. The molecule has 31 heavy (non-hydrogen) atoms. The van der Waals surface area contributed by atoms with Crippen LogP contribution in [0.15, 0.2) is 42.0 Å². The molecule has 2 aliphatic rings. The fraction of sp³-hybridized carbons (Fsp3) is 0.278. The van der Waals surface area contributed by atoms with Gasteiger partial charge in [-0.15, -0.1) is 18.7 Å². The van der Waals surface area contributed by atoms with Crippen molar-refractivity contribution in [1.29, 1.82) is 0 Å². The highest BCUT2D eigenvalue weighted by atomic mass is 19.4. The number of benzene rings is 1. The zero-order valence-electron chi connectivity index (χ0n) is 15.9. The Morgan fingerprint density at radius 1 is 1.23 bits per heavy atom. The van der Waals surface area contributed by atoms with Crippen LogP contribution >= 0.6 is 0 Å². The fourth-order valence-electron chi connectivity index (χ4n) is 3.36. The largest absolute Gasteiger partial charge is 0.573 e. The minimum Gasteiger partial charge on any atom is -0.403 e. The van der Waals surface area contributed by atoms with Crippen LogP contribution in [0, 0.1) is 11.6 Å². The number of carbonyl (C=O) groups is 1. The maximum Gasteiger partial charge on any atom is 0.573 e. The molecule has 0 saturated heterocycles. The third kappa shape index (κ3) is 4.08. The van der Waals surface area contributed by atoms with Gasteiger partial charge in [0.05, 0.1) is 35.9 Å². The van der Waals surface area contributed by atoms with Crippen LogP contribution in [-0.4, -0.2) is 39.7 Å². The van der Waals surface area contributed by atoms with E-state index in [9.17, 15) is 26.7 Å². The molecule has 0 bridgehead atoms. The second-order valence-electron chi connectivity index (χ2n) is 6.85. The van der Waals surface area contributed by atoms with E-state index >= 15 is 0 Å². The molecule has 4 rings (SSSR count). The SMILES string of the molecule is C[C@H]1CC2=C(CN1C(=O)c1cccc(OC(F)(F)F)c1F)NNN2c1ncc(F)cn1. The molecule has 0 fully saturated rings. The number of ether oxygens (including phenoxy) is 1. The van der Waals surface area contributed by atoms with Crippen LogP contribution in [0.3, 0.4) is 0 Å². The molecule has 1 atom stereocenters. The summed E-state index contributed by atoms with van der Waals surface area (Å²) in [5, 5.41) is 1.49. The van der Waals surface area contributed by atoms with E-state index in [1.54, 1.807) is 6.92 Å². The highest BCUT2D eigenvalue weighted by Crippen LogP contribution is 2.32. The zero-order valence-corrected chi connectivity index (χ0v) is 15.9. The van der Waals surface area contributed by atoms with Gasteiger partial charge in [-0.1, -0.05) is 6.07 Å². The van der Waals surface area contributed by atoms with Crippen molar-refractivity contribution in [3.05, 3.63) is 59.2 Å². The minimum absolute atomic E-state index is 0.0177. The van der Waals surface area contributed by atoms with E-state index in [-0.39, 0.29) is 12.5 Å². The summed E-state index contributed by atoms with van der Waals surface area (Å²) in [4.78, 5) is 22.0. The molecule has 0 radical (unpaired) electrons. The summed E-state index contributed by atoms with van der Waals surface area (Å²) in [7, 11) is 0. The Bertz CT molecular complexity index is 1040. The fourth-order valence-corrected chi connectivity index (χ4v) is 3.36. The van der Waals surface area contributed by atoms with Crippen molar-refractivity contribution in [3.8, 4) is 5.75 Å². The van der Waals surface area contributed by atoms with E-state index in [4.69, 9.17) is 0 Å². The molecule has 13 heteroatoms. The number of halogens is 5. The normalized spacial score (nSPS) is 18.7. The monoisotopic (exact) mass is 442 g/mol. The zero-order chi connectivity index (χ0) is 22.3. The molecule has 0 spiro atoms. The predicted octanol–water partition coefficient (Wildman–Crippen LogP) is 2.63. The Morgan fingerprint density at radius 2 is 1.94 bits per heavy atom. The molecular weight excluding hydrogens is 427 g/mol. The van der Waals surface area contributed by atoms with Crippen molar-refractivity contribution in [2.45, 2.75) is 25.7 Å². The summed E-state index contributed by atoms with van der Waals surface area (Å²) in [5.74, 6) is -3.69. The van der Waals surface area contributed by atoms with Gasteiger partial charge in [0.25, 0.3) is 5.91 Å². The van der Waals surface area contributed by atoms with Gasteiger partial charge in [0, 0.05) is 12.5 Å². The molecule has 2 N–H and O–H groups in total. The smallest absolute Gasteiger partial charge is 0.403 e. The molecule has 3 heterocycles. The number of aromatic nitrogens is 2. The summed E-state index contributed by atoms with van der Waals surface area (Å²) in [6.45, 7) is 1.72. The molecule has 0 aliphatic carbocycles. The first kappa shape index (κ1) is 20.8. The van der Waals surface area contributed by atoms with Crippen LogP contribution in [0.4, 0.5) is 27.9 Å². The number of carbonyl (C=O) groups excluding carboxylic acids is 1. The first-order valence-corrected chi connectivity index (χ1v) is 9.00. The second kappa shape index (κ2) is 7.65. The highest BCUT2D eigenvalue weighted by molar-refractivity contribution is 5.95. The van der Waals surface area contributed by atoms with Crippen LogP contribution < -0.4 is 20.7 Å². The van der Waals surface area contributed by atoms with Gasteiger partial charge in [0.1, 0.15) is 0 Å². The lowest BCUT2D eigenvalue weighted by molar-refractivity contribution is -0.275. The van der Waals surface area contributed by atoms with E-state index in [1.807, 2.05) is 0 Å². The quantitative estimate of drug-likeness (QED) is 0.708. The Labute approximate surface area is 172 Å². The second-order valence-corrected chi connectivity index (χ2v) is 6.85. The number of nitrogens with one attached hydrogen (secondary N) is 2. The maximum absolute atomic E-state index is 14.6. The molecule has 1 amide bonds. The number of amides is 1. The van der Waals surface area contributed by atoms with Gasteiger partial charge < -0.3 is 15.1 Å². The average Bonchev–Trinajstić information content (AvgIpc) is 3.11. The molecule has 0 saturated carbocycles. The molecule has 164 valence electrons. The molecule has 0 unspecified atom stereocenters. The first-order chi connectivity index (χ1) is 14.6. The number of hydrogen-bond donors (Lipinski definition) is 2. The molecule has 1 aromatic carbocycles. The van der Waals surface area contributed by atoms with Crippen molar-refractivity contribution in [1.82, 2.24) is 25.8 Å². The van der Waals surface area contributed by atoms with E-state index in [0.717, 1.165) is 30.6 Å². The minimum atomic E-state index is -5.09. The Hall–Kier alpha value is -3.48. The number of nitrogens with zero attached hydrogens (tertiary/aromatic N) is 4. The third-order valence-electron chi connectivity index (χ3n) is 4.77. The van der Waals surface area contributed by atoms with Gasteiger partial charge in [0.2, 0.25) is 5.95 Å². The van der Waals surface area contributed by atoms with Crippen LogP contribution in [0.2, 0.25) is 0 Å². The van der Waals surface area contributed by atoms with Crippen molar-refractivity contribution in [2.75, 3.05) is 11.6 Å². The summed E-state index contributed by atoms with van der Waals surface area (Å²) in [6, 6.07) is 2.56. The van der Waals surface area contributed by atoms with Gasteiger partial charge in [-0.05, 0) is 19.1 Å². The van der Waals surface area contributed by atoms with E-state index in [1.165, 1.54) is 9.91 Å². The topological polar surface area (TPSA) is 82.6 Å². The van der Waals surface area contributed by atoms with Crippen molar-refractivity contribution in [2.24, 2.45) is 0 Å². The van der Waals surface area contributed by atoms with Crippen molar-refractivity contribution < 1.29 is 31.5 Å². The van der Waals surface area contributed by atoms with E-state index in [2.05, 4.69) is 25.7 Å². The van der Waals surface area contributed by atoms with E-state index < -0.39 is 41.3 Å². The van der Waals surface area contributed by atoms with Crippen molar-refractivity contribution in [3.63, 3.8) is 0 Å². The van der Waals surface area contributed by atoms with Gasteiger partial charge in [-0.25, -0.2) is 23.8 Å². The van der Waals surface area contributed by atoms with Crippen LogP contribution in [0.1, 0.15) is 23.7 Å². The number of rotatable bonds is 3. The average molecular weight is 442 g/mol. The Morgan fingerprint density at radius 3 is 2.61 bits per heavy atom. The number of alkyl halides is 3. The number of anilines is 1. The molecular formula is C18H15F5N6O2. The van der Waals surface area contributed by atoms with E-state index in [0.29, 0.717) is 17.8 Å². The van der Waals surface area contributed by atoms with Gasteiger partial charge in [-0.3, -0.25) is 4.79 Å². The summed E-state index contributed by atoms with van der Waals surface area (Å²) >= 11 is 0. The Balaban J connectivity index is 1.57. The summed E-state index contributed by atoms with van der Waals surface area (Å²) in [6.07, 6.45) is -2.79.